The zero-order valence-electron chi connectivity index (χ0n) is 11.8. The number of aromatic nitrogens is 4. The van der Waals surface area contributed by atoms with Crippen LogP contribution in [0.1, 0.15) is 5.69 Å². The number of fused-ring (bicyclic) bond motifs is 1. The molecule has 1 amide bonds. The van der Waals surface area contributed by atoms with Gasteiger partial charge in [-0.05, 0) is 19.1 Å². The number of H-pyrrole nitrogens is 1. The highest BCUT2D eigenvalue weighted by Gasteiger charge is 2.15. The van der Waals surface area contributed by atoms with Gasteiger partial charge in [0.2, 0.25) is 5.91 Å². The molecule has 7 heteroatoms. The summed E-state index contributed by atoms with van der Waals surface area (Å²) >= 11 is 1.50. The van der Waals surface area contributed by atoms with Crippen LogP contribution in [-0.2, 0) is 11.8 Å². The Morgan fingerprint density at radius 1 is 1.38 bits per heavy atom. The summed E-state index contributed by atoms with van der Waals surface area (Å²) in [6.07, 6.45) is 0. The van der Waals surface area contributed by atoms with Crippen LogP contribution in [0, 0.1) is 6.92 Å². The highest BCUT2D eigenvalue weighted by Crippen LogP contribution is 2.24. The minimum atomic E-state index is -0.0716. The van der Waals surface area contributed by atoms with Gasteiger partial charge >= 0.3 is 0 Å². The highest BCUT2D eigenvalue weighted by atomic mass is 32.2. The van der Waals surface area contributed by atoms with Gasteiger partial charge in [0.15, 0.2) is 5.65 Å². The van der Waals surface area contributed by atoms with Crippen molar-refractivity contribution in [2.24, 2.45) is 7.05 Å². The molecule has 0 bridgehead atoms. The van der Waals surface area contributed by atoms with E-state index in [1.807, 2.05) is 44.3 Å². The Kier molecular flexibility index (Phi) is 3.66. The predicted octanol–water partition coefficient (Wildman–Crippen LogP) is 2.34. The SMILES string of the molecule is Cc1nn(C)c2n[nH]c(NC(=O)CSc3ccccc3)c12. The second kappa shape index (κ2) is 5.61. The van der Waals surface area contributed by atoms with Crippen molar-refractivity contribution in [1.29, 1.82) is 0 Å². The van der Waals surface area contributed by atoms with Crippen LogP contribution >= 0.6 is 11.8 Å². The quantitative estimate of drug-likeness (QED) is 0.725. The normalized spacial score (nSPS) is 11.0. The average molecular weight is 301 g/mol. The maximum atomic E-state index is 12.0. The van der Waals surface area contributed by atoms with Crippen molar-refractivity contribution in [3.8, 4) is 0 Å². The van der Waals surface area contributed by atoms with Crippen molar-refractivity contribution in [2.45, 2.75) is 11.8 Å². The molecule has 0 unspecified atom stereocenters. The molecule has 108 valence electrons. The van der Waals surface area contributed by atoms with Gasteiger partial charge in [0.1, 0.15) is 5.82 Å². The zero-order chi connectivity index (χ0) is 14.8. The summed E-state index contributed by atoms with van der Waals surface area (Å²) in [5.74, 6) is 0.885. The summed E-state index contributed by atoms with van der Waals surface area (Å²) in [6, 6.07) is 9.83. The van der Waals surface area contributed by atoms with Crippen LogP contribution in [0.2, 0.25) is 0 Å². The summed E-state index contributed by atoms with van der Waals surface area (Å²) in [5, 5.41) is 15.0. The van der Waals surface area contributed by atoms with Crippen molar-refractivity contribution < 1.29 is 4.79 Å². The van der Waals surface area contributed by atoms with E-state index in [2.05, 4.69) is 20.6 Å². The molecule has 0 aliphatic rings. The summed E-state index contributed by atoms with van der Waals surface area (Å²) in [4.78, 5) is 13.1. The minimum Gasteiger partial charge on any atom is -0.310 e. The standard InChI is InChI=1S/C14H15N5OS/c1-9-12-13(16-17-14(12)19(2)18-9)15-11(20)8-21-10-6-4-3-5-7-10/h3-7H,8H2,1-2H3,(H2,15,16,17,20). The number of aryl methyl sites for hydroxylation is 2. The van der Waals surface area contributed by atoms with Crippen LogP contribution in [0.25, 0.3) is 11.0 Å². The van der Waals surface area contributed by atoms with Gasteiger partial charge in [0.25, 0.3) is 0 Å². The number of carbonyl (C=O) groups is 1. The fourth-order valence-electron chi connectivity index (χ4n) is 2.16. The van der Waals surface area contributed by atoms with Crippen LogP contribution in [-0.4, -0.2) is 31.6 Å². The Morgan fingerprint density at radius 2 is 2.14 bits per heavy atom. The number of nitrogens with one attached hydrogen (secondary N) is 2. The number of amides is 1. The molecule has 0 spiro atoms. The first-order valence-corrected chi connectivity index (χ1v) is 7.49. The summed E-state index contributed by atoms with van der Waals surface area (Å²) in [7, 11) is 1.83. The van der Waals surface area contributed by atoms with Crippen LogP contribution in [0.4, 0.5) is 5.82 Å². The maximum absolute atomic E-state index is 12.0. The summed E-state index contributed by atoms with van der Waals surface area (Å²) in [6.45, 7) is 1.90. The second-order valence-electron chi connectivity index (χ2n) is 4.66. The fraction of sp³-hybridized carbons (Fsp3) is 0.214. The molecule has 6 nitrogen and oxygen atoms in total. The van der Waals surface area contributed by atoms with Crippen molar-refractivity contribution >= 4 is 34.5 Å². The lowest BCUT2D eigenvalue weighted by atomic mass is 10.3. The van der Waals surface area contributed by atoms with Gasteiger partial charge in [-0.1, -0.05) is 18.2 Å². The van der Waals surface area contributed by atoms with Crippen molar-refractivity contribution in [3.05, 3.63) is 36.0 Å². The van der Waals surface area contributed by atoms with Crippen molar-refractivity contribution in [1.82, 2.24) is 20.0 Å². The number of nitrogens with zero attached hydrogens (tertiary/aromatic N) is 3. The van der Waals surface area contributed by atoms with Gasteiger partial charge in [0, 0.05) is 11.9 Å². The molecule has 1 aromatic carbocycles. The lowest BCUT2D eigenvalue weighted by Gasteiger charge is -2.03. The number of aromatic amines is 1. The van der Waals surface area contributed by atoms with Crippen LogP contribution in [0.15, 0.2) is 35.2 Å². The molecule has 21 heavy (non-hydrogen) atoms. The number of benzene rings is 1. The largest absolute Gasteiger partial charge is 0.310 e. The number of carbonyl (C=O) groups excluding carboxylic acids is 1. The Balaban J connectivity index is 1.69. The molecule has 2 N–H and O–H groups in total. The highest BCUT2D eigenvalue weighted by molar-refractivity contribution is 8.00. The van der Waals surface area contributed by atoms with E-state index < -0.39 is 0 Å². The van der Waals surface area contributed by atoms with E-state index in [4.69, 9.17) is 0 Å². The monoisotopic (exact) mass is 301 g/mol. The first-order chi connectivity index (χ1) is 10.1. The van der Waals surface area contributed by atoms with E-state index in [1.165, 1.54) is 11.8 Å². The van der Waals surface area contributed by atoms with E-state index in [0.29, 0.717) is 11.6 Å². The summed E-state index contributed by atoms with van der Waals surface area (Å²) < 4.78 is 1.69. The van der Waals surface area contributed by atoms with E-state index in [1.54, 1.807) is 4.68 Å². The lowest BCUT2D eigenvalue weighted by Crippen LogP contribution is -2.14. The van der Waals surface area contributed by atoms with E-state index in [-0.39, 0.29) is 5.91 Å². The molecule has 0 aliphatic heterocycles. The Labute approximate surface area is 125 Å². The van der Waals surface area contributed by atoms with Crippen molar-refractivity contribution in [3.63, 3.8) is 0 Å². The number of hydrogen-bond donors (Lipinski definition) is 2. The van der Waals surface area contributed by atoms with Gasteiger partial charge < -0.3 is 5.32 Å². The van der Waals surface area contributed by atoms with Gasteiger partial charge in [0.05, 0.1) is 16.8 Å². The van der Waals surface area contributed by atoms with Crippen LogP contribution in [0.5, 0.6) is 0 Å². The Hall–Kier alpha value is -2.28. The number of hydrogen-bond acceptors (Lipinski definition) is 4. The van der Waals surface area contributed by atoms with Crippen LogP contribution < -0.4 is 5.32 Å². The smallest absolute Gasteiger partial charge is 0.235 e. The lowest BCUT2D eigenvalue weighted by molar-refractivity contribution is -0.113. The molecule has 0 saturated carbocycles. The minimum absolute atomic E-state index is 0.0716. The number of rotatable bonds is 4. The van der Waals surface area contributed by atoms with E-state index >= 15 is 0 Å². The third-order valence-corrected chi connectivity index (χ3v) is 4.11. The van der Waals surface area contributed by atoms with Crippen molar-refractivity contribution in [2.75, 3.05) is 11.1 Å². The molecule has 3 rings (SSSR count). The third kappa shape index (κ3) is 2.78. The van der Waals surface area contributed by atoms with E-state index in [0.717, 1.165) is 21.6 Å². The molecule has 3 aromatic rings. The van der Waals surface area contributed by atoms with Gasteiger partial charge in [-0.2, -0.15) is 10.2 Å². The molecule has 0 atom stereocenters. The maximum Gasteiger partial charge on any atom is 0.235 e. The van der Waals surface area contributed by atoms with Gasteiger partial charge in [-0.3, -0.25) is 9.89 Å². The second-order valence-corrected chi connectivity index (χ2v) is 5.70. The fourth-order valence-corrected chi connectivity index (χ4v) is 2.88. The number of thioether (sulfide) groups is 1. The average Bonchev–Trinajstić information content (AvgIpc) is 3.01. The Bertz CT molecular complexity index is 777. The Morgan fingerprint density at radius 3 is 2.90 bits per heavy atom. The molecular formula is C14H15N5OS. The molecule has 0 radical (unpaired) electrons. The summed E-state index contributed by atoms with van der Waals surface area (Å²) in [5.41, 5.74) is 1.57. The molecule has 0 fully saturated rings. The topological polar surface area (TPSA) is 75.6 Å². The molecule has 0 saturated heterocycles. The molecule has 0 aliphatic carbocycles. The number of anilines is 1. The van der Waals surface area contributed by atoms with Gasteiger partial charge in [-0.15, -0.1) is 11.8 Å². The molecule has 2 heterocycles. The molecule has 2 aromatic heterocycles. The first-order valence-electron chi connectivity index (χ1n) is 6.50. The zero-order valence-corrected chi connectivity index (χ0v) is 12.6. The predicted molar refractivity (Wildman–Crippen MR) is 83.4 cm³/mol. The third-order valence-electron chi connectivity index (χ3n) is 3.09. The van der Waals surface area contributed by atoms with Gasteiger partial charge in [-0.25, -0.2) is 4.68 Å². The first kappa shape index (κ1) is 13.7. The van der Waals surface area contributed by atoms with E-state index in [9.17, 15) is 4.79 Å². The van der Waals surface area contributed by atoms with Crippen LogP contribution in [0.3, 0.4) is 0 Å². The molecular weight excluding hydrogens is 286 g/mol.